The summed E-state index contributed by atoms with van der Waals surface area (Å²) in [6.45, 7) is 4.44. The fourth-order valence-electron chi connectivity index (χ4n) is 3.32. The number of ether oxygens (including phenoxy) is 1. The molecule has 6 nitrogen and oxygen atoms in total. The number of benzene rings is 2. The summed E-state index contributed by atoms with van der Waals surface area (Å²) in [6, 6.07) is 14.4. The molecule has 28 heavy (non-hydrogen) atoms. The van der Waals surface area contributed by atoms with E-state index in [1.807, 2.05) is 38.1 Å². The minimum atomic E-state index is -0.518. The van der Waals surface area contributed by atoms with Crippen LogP contribution in [-0.4, -0.2) is 31.4 Å². The number of rotatable bonds is 6. The largest absolute Gasteiger partial charge is 0.465 e. The molecule has 2 aromatic carbocycles. The van der Waals surface area contributed by atoms with Crippen molar-refractivity contribution in [2.45, 2.75) is 20.3 Å². The van der Waals surface area contributed by atoms with Gasteiger partial charge in [0.05, 0.1) is 30.2 Å². The van der Waals surface area contributed by atoms with Crippen molar-refractivity contribution in [3.05, 3.63) is 59.7 Å². The first-order valence-electron chi connectivity index (χ1n) is 9.32. The molecular formula is C22H24N2O4. The number of methoxy groups -OCH3 is 1. The number of hydrogen-bond donors (Lipinski definition) is 1. The molecule has 2 amide bonds. The lowest BCUT2D eigenvalue weighted by atomic mass is 10.1. The van der Waals surface area contributed by atoms with Crippen molar-refractivity contribution >= 4 is 29.2 Å². The van der Waals surface area contributed by atoms with Gasteiger partial charge in [-0.05, 0) is 50.1 Å². The number of carbonyl (C=O) groups is 3. The fourth-order valence-corrected chi connectivity index (χ4v) is 3.32. The number of carbonyl (C=O) groups excluding carboxylic acids is 3. The Morgan fingerprint density at radius 1 is 1.11 bits per heavy atom. The Kier molecular flexibility index (Phi) is 5.78. The minimum Gasteiger partial charge on any atom is -0.465 e. The van der Waals surface area contributed by atoms with E-state index < -0.39 is 11.9 Å². The molecule has 2 unspecified atom stereocenters. The van der Waals surface area contributed by atoms with E-state index in [0.717, 1.165) is 11.3 Å². The van der Waals surface area contributed by atoms with Gasteiger partial charge in [-0.1, -0.05) is 24.3 Å². The topological polar surface area (TPSA) is 75.7 Å². The lowest BCUT2D eigenvalue weighted by molar-refractivity contribution is -0.123. The third-order valence-electron chi connectivity index (χ3n) is 4.93. The molecular weight excluding hydrogens is 356 g/mol. The minimum absolute atomic E-state index is 0.0468. The van der Waals surface area contributed by atoms with Gasteiger partial charge >= 0.3 is 5.97 Å². The molecule has 0 aliphatic heterocycles. The maximum Gasteiger partial charge on any atom is 0.339 e. The van der Waals surface area contributed by atoms with Gasteiger partial charge < -0.3 is 15.0 Å². The van der Waals surface area contributed by atoms with E-state index in [0.29, 0.717) is 18.7 Å². The zero-order valence-electron chi connectivity index (χ0n) is 16.3. The molecule has 0 saturated heterocycles. The summed E-state index contributed by atoms with van der Waals surface area (Å²) >= 11 is 0. The molecule has 6 heteroatoms. The quantitative estimate of drug-likeness (QED) is 0.779. The van der Waals surface area contributed by atoms with Crippen LogP contribution in [0.1, 0.15) is 29.3 Å². The van der Waals surface area contributed by atoms with Crippen LogP contribution in [0.4, 0.5) is 11.4 Å². The van der Waals surface area contributed by atoms with Crippen LogP contribution in [0.2, 0.25) is 0 Å². The predicted molar refractivity (Wildman–Crippen MR) is 107 cm³/mol. The number of esters is 1. The van der Waals surface area contributed by atoms with Gasteiger partial charge in [-0.15, -0.1) is 0 Å². The molecule has 1 aliphatic rings. The Labute approximate surface area is 164 Å². The summed E-state index contributed by atoms with van der Waals surface area (Å²) < 4.78 is 4.75. The van der Waals surface area contributed by atoms with Crippen LogP contribution >= 0.6 is 0 Å². The molecule has 3 rings (SSSR count). The first-order chi connectivity index (χ1) is 13.5. The Balaban J connectivity index is 1.69. The molecule has 0 spiro atoms. The Morgan fingerprint density at radius 3 is 2.54 bits per heavy atom. The zero-order chi connectivity index (χ0) is 20.3. The first-order valence-corrected chi connectivity index (χ1v) is 9.32. The highest BCUT2D eigenvalue weighted by molar-refractivity contribution is 6.06. The van der Waals surface area contributed by atoms with Crippen LogP contribution < -0.4 is 10.2 Å². The summed E-state index contributed by atoms with van der Waals surface area (Å²) in [5.41, 5.74) is 2.60. The molecule has 1 saturated carbocycles. The van der Waals surface area contributed by atoms with E-state index in [1.165, 1.54) is 7.11 Å². The van der Waals surface area contributed by atoms with Crippen molar-refractivity contribution in [2.75, 3.05) is 23.9 Å². The fraction of sp³-hybridized carbons (Fsp3) is 0.318. The van der Waals surface area contributed by atoms with Gasteiger partial charge in [0.1, 0.15) is 0 Å². The number of hydrogen-bond acceptors (Lipinski definition) is 4. The Morgan fingerprint density at radius 2 is 1.86 bits per heavy atom. The average Bonchev–Trinajstić information content (AvgIpc) is 3.49. The van der Waals surface area contributed by atoms with Crippen LogP contribution in [0.5, 0.6) is 0 Å². The van der Waals surface area contributed by atoms with Crippen molar-refractivity contribution in [3.8, 4) is 0 Å². The Hall–Kier alpha value is -3.15. The number of para-hydroxylation sites is 1. The van der Waals surface area contributed by atoms with Crippen molar-refractivity contribution in [1.82, 2.24) is 0 Å². The number of aryl methyl sites for hydroxylation is 1. The van der Waals surface area contributed by atoms with Gasteiger partial charge in [0.2, 0.25) is 11.8 Å². The SMILES string of the molecule is CCN(C(=O)C1CC1C(=O)Nc1ccccc1C(=O)OC)c1cccc(C)c1. The Bertz CT molecular complexity index is 909. The summed E-state index contributed by atoms with van der Waals surface area (Å²) in [4.78, 5) is 39.1. The third kappa shape index (κ3) is 4.06. The maximum absolute atomic E-state index is 12.9. The van der Waals surface area contributed by atoms with E-state index in [2.05, 4.69) is 5.32 Å². The highest BCUT2D eigenvalue weighted by Gasteiger charge is 2.49. The normalized spacial score (nSPS) is 17.5. The van der Waals surface area contributed by atoms with E-state index in [-0.39, 0.29) is 23.3 Å². The van der Waals surface area contributed by atoms with Crippen molar-refractivity contribution in [2.24, 2.45) is 11.8 Å². The van der Waals surface area contributed by atoms with E-state index in [9.17, 15) is 14.4 Å². The predicted octanol–water partition coefficient (Wildman–Crippen LogP) is 3.41. The van der Waals surface area contributed by atoms with Crippen LogP contribution in [0.3, 0.4) is 0 Å². The number of nitrogens with zero attached hydrogens (tertiary/aromatic N) is 1. The molecule has 0 radical (unpaired) electrons. The van der Waals surface area contributed by atoms with Crippen molar-refractivity contribution in [3.63, 3.8) is 0 Å². The monoisotopic (exact) mass is 380 g/mol. The van der Waals surface area contributed by atoms with Crippen LogP contribution in [0.25, 0.3) is 0 Å². The van der Waals surface area contributed by atoms with Crippen LogP contribution in [-0.2, 0) is 14.3 Å². The first kappa shape index (κ1) is 19.6. The highest BCUT2D eigenvalue weighted by atomic mass is 16.5. The van der Waals surface area contributed by atoms with Gasteiger partial charge in [0.25, 0.3) is 0 Å². The molecule has 0 heterocycles. The molecule has 1 aliphatic carbocycles. The van der Waals surface area contributed by atoms with Crippen molar-refractivity contribution < 1.29 is 19.1 Å². The van der Waals surface area contributed by atoms with Crippen LogP contribution in [0.15, 0.2) is 48.5 Å². The second-order valence-corrected chi connectivity index (χ2v) is 6.90. The van der Waals surface area contributed by atoms with Crippen molar-refractivity contribution in [1.29, 1.82) is 0 Å². The summed E-state index contributed by atoms with van der Waals surface area (Å²) in [5, 5.41) is 2.77. The molecule has 1 N–H and O–H groups in total. The second kappa shape index (κ2) is 8.25. The lowest BCUT2D eigenvalue weighted by Crippen LogP contribution is -2.33. The molecule has 2 atom stereocenters. The van der Waals surface area contributed by atoms with E-state index >= 15 is 0 Å². The van der Waals surface area contributed by atoms with Gasteiger partial charge in [0.15, 0.2) is 0 Å². The molecule has 0 bridgehead atoms. The highest BCUT2D eigenvalue weighted by Crippen LogP contribution is 2.41. The van der Waals surface area contributed by atoms with Crippen LogP contribution in [0, 0.1) is 18.8 Å². The molecule has 1 fully saturated rings. The van der Waals surface area contributed by atoms with Gasteiger partial charge in [-0.3, -0.25) is 9.59 Å². The van der Waals surface area contributed by atoms with E-state index in [1.54, 1.807) is 29.2 Å². The summed E-state index contributed by atoms with van der Waals surface area (Å²) in [7, 11) is 1.29. The lowest BCUT2D eigenvalue weighted by Gasteiger charge is -2.21. The number of nitrogens with one attached hydrogen (secondary N) is 1. The molecule has 146 valence electrons. The van der Waals surface area contributed by atoms with E-state index in [4.69, 9.17) is 4.74 Å². The standard InChI is InChI=1S/C22H24N2O4/c1-4-24(15-9-7-8-14(2)12-15)21(26)18-13-17(18)20(25)23-19-11-6-5-10-16(19)22(27)28-3/h5-12,17-18H,4,13H2,1-3H3,(H,23,25). The summed E-state index contributed by atoms with van der Waals surface area (Å²) in [5.74, 6) is -1.55. The van der Waals surface area contributed by atoms with Gasteiger partial charge in [-0.25, -0.2) is 4.79 Å². The number of anilines is 2. The maximum atomic E-state index is 12.9. The smallest absolute Gasteiger partial charge is 0.339 e. The van der Waals surface area contributed by atoms with Gasteiger partial charge in [-0.2, -0.15) is 0 Å². The van der Waals surface area contributed by atoms with Gasteiger partial charge in [0, 0.05) is 12.2 Å². The molecule has 2 aromatic rings. The molecule has 0 aromatic heterocycles. The zero-order valence-corrected chi connectivity index (χ0v) is 16.3. The number of amides is 2. The summed E-state index contributed by atoms with van der Waals surface area (Å²) in [6.07, 6.45) is 0.507. The third-order valence-corrected chi connectivity index (χ3v) is 4.93. The average molecular weight is 380 g/mol. The second-order valence-electron chi connectivity index (χ2n) is 6.90.